The summed E-state index contributed by atoms with van der Waals surface area (Å²) >= 11 is 0. The molecule has 6 heteroatoms. The van der Waals surface area contributed by atoms with Crippen molar-refractivity contribution in [2.45, 2.75) is 0 Å². The molecule has 0 spiro atoms. The molecule has 0 fully saturated rings. The van der Waals surface area contributed by atoms with Gasteiger partial charge in [0, 0.05) is 0 Å². The number of carbonyl (C=O) groups excluding carboxylic acids is 3. The second kappa shape index (κ2) is 2.81. The van der Waals surface area contributed by atoms with Gasteiger partial charge in [-0.1, -0.05) is 0 Å². The zero-order valence-electron chi connectivity index (χ0n) is 4.96. The Balaban J connectivity index is 4.43. The van der Waals surface area contributed by atoms with Crippen molar-refractivity contribution in [1.82, 2.24) is 0 Å². The lowest BCUT2D eigenvalue weighted by Gasteiger charge is -2.00. The SMILES string of the molecule is NC(=O)[C](C(N)=O)C(N)=O. The number of hydrogen-bond acceptors (Lipinski definition) is 3. The van der Waals surface area contributed by atoms with Crippen molar-refractivity contribution < 1.29 is 14.4 Å². The van der Waals surface area contributed by atoms with Crippen LogP contribution in [0.1, 0.15) is 0 Å². The Morgan fingerprint density at radius 1 is 0.700 bits per heavy atom. The van der Waals surface area contributed by atoms with Crippen molar-refractivity contribution in [3.63, 3.8) is 0 Å². The van der Waals surface area contributed by atoms with Crippen LogP contribution in [0.15, 0.2) is 0 Å². The average molecular weight is 144 g/mol. The number of amides is 3. The minimum absolute atomic E-state index is 0.889. The van der Waals surface area contributed by atoms with E-state index in [1.165, 1.54) is 0 Å². The van der Waals surface area contributed by atoms with E-state index in [2.05, 4.69) is 17.2 Å². The molecule has 0 heterocycles. The van der Waals surface area contributed by atoms with Crippen LogP contribution in [0.5, 0.6) is 0 Å². The third-order valence-electron chi connectivity index (χ3n) is 0.739. The highest BCUT2D eigenvalue weighted by Gasteiger charge is 2.29. The molecular weight excluding hydrogens is 138 g/mol. The molecule has 0 saturated carbocycles. The molecule has 0 aromatic heterocycles. The molecule has 0 aliphatic carbocycles. The van der Waals surface area contributed by atoms with Gasteiger partial charge in [-0.2, -0.15) is 0 Å². The summed E-state index contributed by atoms with van der Waals surface area (Å²) in [5, 5.41) is 0. The molecule has 0 aromatic rings. The normalized spacial score (nSPS) is 9.30. The Morgan fingerprint density at radius 2 is 0.900 bits per heavy atom. The molecule has 0 aromatic carbocycles. The second-order valence-corrected chi connectivity index (χ2v) is 1.47. The summed E-state index contributed by atoms with van der Waals surface area (Å²) in [6.45, 7) is 0. The van der Waals surface area contributed by atoms with Gasteiger partial charge in [-0.15, -0.1) is 0 Å². The van der Waals surface area contributed by atoms with Crippen molar-refractivity contribution in [1.29, 1.82) is 0 Å². The maximum absolute atomic E-state index is 10.2. The fraction of sp³-hybridized carbons (Fsp3) is 0. The van der Waals surface area contributed by atoms with Crippen LogP contribution in [0.25, 0.3) is 0 Å². The largest absolute Gasteiger partial charge is 0.368 e. The molecule has 1 radical (unpaired) electrons. The first kappa shape index (κ1) is 8.41. The van der Waals surface area contributed by atoms with Crippen LogP contribution >= 0.6 is 0 Å². The lowest BCUT2D eigenvalue weighted by Crippen LogP contribution is -2.41. The number of rotatable bonds is 3. The van der Waals surface area contributed by atoms with E-state index in [-0.39, 0.29) is 0 Å². The minimum atomic E-state index is -1.21. The van der Waals surface area contributed by atoms with E-state index < -0.39 is 23.6 Å². The van der Waals surface area contributed by atoms with E-state index in [1.54, 1.807) is 0 Å². The first-order valence-electron chi connectivity index (χ1n) is 2.23. The van der Waals surface area contributed by atoms with Gasteiger partial charge < -0.3 is 17.2 Å². The Morgan fingerprint density at radius 3 is 0.900 bits per heavy atom. The van der Waals surface area contributed by atoms with Gasteiger partial charge in [0.2, 0.25) is 23.6 Å². The fourth-order valence-electron chi connectivity index (χ4n) is 0.364. The number of carbonyl (C=O) groups is 3. The van der Waals surface area contributed by atoms with Gasteiger partial charge in [0.15, 0.2) is 0 Å². The van der Waals surface area contributed by atoms with Gasteiger partial charge >= 0.3 is 0 Å². The number of primary amides is 3. The van der Waals surface area contributed by atoms with Gasteiger partial charge in [-0.3, -0.25) is 14.4 Å². The molecule has 0 aliphatic heterocycles. The fourth-order valence-corrected chi connectivity index (χ4v) is 0.364. The Bertz CT molecular complexity index is 155. The van der Waals surface area contributed by atoms with Crippen LogP contribution in [0.2, 0.25) is 0 Å². The smallest absolute Gasteiger partial charge is 0.245 e. The quantitative estimate of drug-likeness (QED) is 0.365. The molecule has 6 nitrogen and oxygen atoms in total. The molecule has 0 atom stereocenters. The van der Waals surface area contributed by atoms with Gasteiger partial charge in [-0.25, -0.2) is 0 Å². The van der Waals surface area contributed by atoms with Gasteiger partial charge in [0.25, 0.3) is 0 Å². The molecule has 6 N–H and O–H groups in total. The first-order chi connectivity index (χ1) is 4.46. The standard InChI is InChI=1S/C4H6N3O3/c5-2(8)1(3(6)9)4(7)10/h(H2,5,8)(H2,6,9)(H2,7,10). The highest BCUT2D eigenvalue weighted by Crippen LogP contribution is 1.93. The molecule has 0 bridgehead atoms. The Kier molecular flexibility index (Phi) is 2.36. The second-order valence-electron chi connectivity index (χ2n) is 1.47. The molecule has 3 amide bonds. The summed E-state index contributed by atoms with van der Waals surface area (Å²) in [4.78, 5) is 30.5. The van der Waals surface area contributed by atoms with Crippen molar-refractivity contribution in [2.24, 2.45) is 17.2 Å². The first-order valence-corrected chi connectivity index (χ1v) is 2.23. The predicted octanol–water partition coefficient (Wildman–Crippen LogP) is -2.98. The van der Waals surface area contributed by atoms with Crippen LogP contribution in [0.4, 0.5) is 0 Å². The topological polar surface area (TPSA) is 129 Å². The van der Waals surface area contributed by atoms with E-state index in [9.17, 15) is 14.4 Å². The number of nitrogens with two attached hydrogens (primary N) is 3. The monoisotopic (exact) mass is 144 g/mol. The summed E-state index contributed by atoms with van der Waals surface area (Å²) in [5.41, 5.74) is 13.7. The molecule has 0 saturated heterocycles. The van der Waals surface area contributed by atoms with Gasteiger partial charge in [-0.05, 0) is 0 Å². The molecule has 0 unspecified atom stereocenters. The Labute approximate surface area is 56.3 Å². The van der Waals surface area contributed by atoms with E-state index in [0.29, 0.717) is 0 Å². The summed E-state index contributed by atoms with van der Waals surface area (Å²) in [5.74, 6) is -4.51. The summed E-state index contributed by atoms with van der Waals surface area (Å²) in [6.07, 6.45) is 0. The van der Waals surface area contributed by atoms with E-state index in [4.69, 9.17) is 0 Å². The van der Waals surface area contributed by atoms with Gasteiger partial charge in [0.1, 0.15) is 0 Å². The van der Waals surface area contributed by atoms with Crippen LogP contribution in [0.3, 0.4) is 0 Å². The summed E-state index contributed by atoms with van der Waals surface area (Å²) in [6, 6.07) is 0. The molecular formula is C4H6N3O3. The highest BCUT2D eigenvalue weighted by molar-refractivity contribution is 6.31. The minimum Gasteiger partial charge on any atom is -0.368 e. The Hall–Kier alpha value is -1.59. The summed E-state index contributed by atoms with van der Waals surface area (Å²) in [7, 11) is 0. The number of hydrogen-bond donors (Lipinski definition) is 3. The zero-order chi connectivity index (χ0) is 8.31. The molecule has 0 rings (SSSR count). The van der Waals surface area contributed by atoms with Crippen LogP contribution in [-0.2, 0) is 14.4 Å². The zero-order valence-corrected chi connectivity index (χ0v) is 4.96. The molecule has 0 aliphatic rings. The highest BCUT2D eigenvalue weighted by atomic mass is 16.2. The van der Waals surface area contributed by atoms with Gasteiger partial charge in [0.05, 0.1) is 0 Å². The van der Waals surface area contributed by atoms with Crippen LogP contribution in [0, 0.1) is 5.92 Å². The maximum Gasteiger partial charge on any atom is 0.245 e. The van der Waals surface area contributed by atoms with E-state index in [1.807, 2.05) is 0 Å². The van der Waals surface area contributed by atoms with Crippen LogP contribution < -0.4 is 17.2 Å². The summed E-state index contributed by atoms with van der Waals surface area (Å²) < 4.78 is 0. The maximum atomic E-state index is 10.2. The molecule has 10 heavy (non-hydrogen) atoms. The van der Waals surface area contributed by atoms with Crippen LogP contribution in [-0.4, -0.2) is 17.7 Å². The van der Waals surface area contributed by atoms with Crippen molar-refractivity contribution >= 4 is 17.7 Å². The third kappa shape index (κ3) is 1.73. The van der Waals surface area contributed by atoms with E-state index >= 15 is 0 Å². The lowest BCUT2D eigenvalue weighted by molar-refractivity contribution is -0.129. The lowest BCUT2D eigenvalue weighted by atomic mass is 10.1. The predicted molar refractivity (Wildman–Crippen MR) is 30.8 cm³/mol. The van der Waals surface area contributed by atoms with Crippen molar-refractivity contribution in [3.05, 3.63) is 5.92 Å². The van der Waals surface area contributed by atoms with Crippen molar-refractivity contribution in [2.75, 3.05) is 0 Å². The average Bonchev–Trinajstić information content (AvgIpc) is 1.59. The van der Waals surface area contributed by atoms with E-state index in [0.717, 1.165) is 0 Å². The van der Waals surface area contributed by atoms with Crippen molar-refractivity contribution in [3.8, 4) is 0 Å². The molecule has 55 valence electrons. The third-order valence-corrected chi connectivity index (χ3v) is 0.739.